The van der Waals surface area contributed by atoms with E-state index in [1.165, 1.54) is 4.31 Å². The molecule has 0 radical (unpaired) electrons. The molecule has 0 amide bonds. The zero-order valence-electron chi connectivity index (χ0n) is 11.4. The lowest BCUT2D eigenvalue weighted by atomic mass is 9.96. The molecule has 0 aliphatic heterocycles. The summed E-state index contributed by atoms with van der Waals surface area (Å²) in [6.07, 6.45) is 3.23. The van der Waals surface area contributed by atoms with Gasteiger partial charge in [-0.05, 0) is 44.7 Å². The van der Waals surface area contributed by atoms with Gasteiger partial charge >= 0.3 is 0 Å². The highest BCUT2D eigenvalue weighted by atomic mass is 32.2. The molecule has 1 aromatic carbocycles. The number of benzene rings is 1. The van der Waals surface area contributed by atoms with Crippen molar-refractivity contribution in [1.82, 2.24) is 0 Å². The molecule has 4 heteroatoms. The first-order valence-electron chi connectivity index (χ1n) is 6.79. The van der Waals surface area contributed by atoms with Crippen molar-refractivity contribution < 1.29 is 8.42 Å². The lowest BCUT2D eigenvalue weighted by molar-refractivity contribution is 0.536. The third-order valence-electron chi connectivity index (χ3n) is 3.63. The smallest absolute Gasteiger partial charge is 0.238 e. The van der Waals surface area contributed by atoms with Crippen LogP contribution in [0.25, 0.3) is 0 Å². The van der Waals surface area contributed by atoms with Gasteiger partial charge in [0.25, 0.3) is 0 Å². The Hall–Kier alpha value is -1.29. The first-order chi connectivity index (χ1) is 9.05. The monoisotopic (exact) mass is 279 g/mol. The van der Waals surface area contributed by atoms with E-state index in [1.807, 2.05) is 37.3 Å². The molecule has 0 bridgehead atoms. The molecule has 1 aliphatic rings. The standard InChI is InChI=1S/C15H21NO2S/c1-3-16(14-9-5-4-6-10-14)19(17,18)15-11-7-8-13(2)12-15/h4-6,9-10,15H,2-3,7-8,11-12H2,1H3. The van der Waals surface area contributed by atoms with Crippen LogP contribution in [0.15, 0.2) is 42.5 Å². The van der Waals surface area contributed by atoms with Gasteiger partial charge in [0, 0.05) is 6.54 Å². The molecule has 0 spiro atoms. The van der Waals surface area contributed by atoms with Crippen molar-refractivity contribution in [2.24, 2.45) is 0 Å². The molecule has 1 aliphatic carbocycles. The molecule has 1 unspecified atom stereocenters. The van der Waals surface area contributed by atoms with E-state index in [2.05, 4.69) is 6.58 Å². The van der Waals surface area contributed by atoms with E-state index in [4.69, 9.17) is 0 Å². The van der Waals surface area contributed by atoms with Crippen molar-refractivity contribution in [2.45, 2.75) is 37.9 Å². The lowest BCUT2D eigenvalue weighted by Gasteiger charge is -2.31. The Bertz CT molecular complexity index is 537. The lowest BCUT2D eigenvalue weighted by Crippen LogP contribution is -2.40. The van der Waals surface area contributed by atoms with Gasteiger partial charge in [-0.1, -0.05) is 30.4 Å². The molecule has 2 rings (SSSR count). The second kappa shape index (κ2) is 5.78. The summed E-state index contributed by atoms with van der Waals surface area (Å²) in [5, 5.41) is -0.311. The summed E-state index contributed by atoms with van der Waals surface area (Å²) in [5.41, 5.74) is 1.81. The highest BCUT2D eigenvalue weighted by Gasteiger charge is 2.33. The van der Waals surface area contributed by atoms with Crippen LogP contribution < -0.4 is 4.31 Å². The minimum absolute atomic E-state index is 0.311. The molecular weight excluding hydrogens is 258 g/mol. The highest BCUT2D eigenvalue weighted by molar-refractivity contribution is 7.93. The van der Waals surface area contributed by atoms with Crippen LogP contribution in [0.5, 0.6) is 0 Å². The Kier molecular flexibility index (Phi) is 4.30. The predicted molar refractivity (Wildman–Crippen MR) is 79.8 cm³/mol. The van der Waals surface area contributed by atoms with Crippen LogP contribution in [0, 0.1) is 0 Å². The van der Waals surface area contributed by atoms with Crippen LogP contribution in [-0.4, -0.2) is 20.2 Å². The molecule has 1 saturated carbocycles. The molecule has 3 nitrogen and oxygen atoms in total. The van der Waals surface area contributed by atoms with Crippen molar-refractivity contribution in [2.75, 3.05) is 10.8 Å². The molecule has 0 N–H and O–H groups in total. The molecule has 1 atom stereocenters. The number of para-hydroxylation sites is 1. The van der Waals surface area contributed by atoms with Gasteiger partial charge in [0.1, 0.15) is 0 Å². The zero-order valence-corrected chi connectivity index (χ0v) is 12.2. The molecule has 0 heterocycles. The Morgan fingerprint density at radius 1 is 1.32 bits per heavy atom. The summed E-state index contributed by atoms with van der Waals surface area (Å²) < 4.78 is 27.0. The van der Waals surface area contributed by atoms with Gasteiger partial charge in [-0.15, -0.1) is 0 Å². The van der Waals surface area contributed by atoms with Crippen LogP contribution in [-0.2, 0) is 10.0 Å². The minimum atomic E-state index is -3.29. The number of anilines is 1. The molecule has 0 aromatic heterocycles. The topological polar surface area (TPSA) is 37.4 Å². The number of rotatable bonds is 4. The number of sulfonamides is 1. The number of hydrogen-bond donors (Lipinski definition) is 0. The van der Waals surface area contributed by atoms with Gasteiger partial charge in [-0.25, -0.2) is 8.42 Å². The average Bonchev–Trinajstić information content (AvgIpc) is 2.40. The van der Waals surface area contributed by atoms with E-state index in [-0.39, 0.29) is 5.25 Å². The second-order valence-corrected chi connectivity index (χ2v) is 7.15. The van der Waals surface area contributed by atoms with E-state index >= 15 is 0 Å². The van der Waals surface area contributed by atoms with E-state index in [0.717, 1.165) is 30.5 Å². The second-order valence-electron chi connectivity index (χ2n) is 5.01. The summed E-state index contributed by atoms with van der Waals surface area (Å²) in [6.45, 7) is 6.30. The zero-order chi connectivity index (χ0) is 13.9. The quantitative estimate of drug-likeness (QED) is 0.793. The third-order valence-corrected chi connectivity index (χ3v) is 5.96. The normalized spacial score (nSPS) is 20.3. The van der Waals surface area contributed by atoms with Gasteiger partial charge in [-0.3, -0.25) is 4.31 Å². The van der Waals surface area contributed by atoms with Gasteiger partial charge < -0.3 is 0 Å². The Balaban J connectivity index is 2.28. The SMILES string of the molecule is C=C1CCCC(S(=O)(=O)N(CC)c2ccccc2)C1. The van der Waals surface area contributed by atoms with Crippen molar-refractivity contribution in [3.63, 3.8) is 0 Å². The summed E-state index contributed by atoms with van der Waals surface area (Å²) in [7, 11) is -3.29. The molecule has 0 saturated heterocycles. The largest absolute Gasteiger partial charge is 0.270 e. The van der Waals surface area contributed by atoms with Gasteiger partial charge in [0.15, 0.2) is 0 Å². The van der Waals surface area contributed by atoms with E-state index in [1.54, 1.807) is 0 Å². The maximum absolute atomic E-state index is 12.7. The minimum Gasteiger partial charge on any atom is -0.270 e. The van der Waals surface area contributed by atoms with Crippen LogP contribution in [0.1, 0.15) is 32.6 Å². The maximum Gasteiger partial charge on any atom is 0.238 e. The van der Waals surface area contributed by atoms with Crippen molar-refractivity contribution >= 4 is 15.7 Å². The van der Waals surface area contributed by atoms with E-state index in [9.17, 15) is 8.42 Å². The molecule has 1 aromatic rings. The summed E-state index contributed by atoms with van der Waals surface area (Å²) >= 11 is 0. The first kappa shape index (κ1) is 14.1. The van der Waals surface area contributed by atoms with Crippen molar-refractivity contribution in [3.8, 4) is 0 Å². The van der Waals surface area contributed by atoms with Crippen molar-refractivity contribution in [1.29, 1.82) is 0 Å². The summed E-state index contributed by atoms with van der Waals surface area (Å²) in [4.78, 5) is 0. The average molecular weight is 279 g/mol. The van der Waals surface area contributed by atoms with Crippen molar-refractivity contribution in [3.05, 3.63) is 42.5 Å². The predicted octanol–water partition coefficient (Wildman–Crippen LogP) is 3.34. The summed E-state index contributed by atoms with van der Waals surface area (Å²) in [6, 6.07) is 9.32. The fraction of sp³-hybridized carbons (Fsp3) is 0.467. The fourth-order valence-electron chi connectivity index (χ4n) is 2.64. The summed E-state index contributed by atoms with van der Waals surface area (Å²) in [5.74, 6) is 0. The van der Waals surface area contributed by atoms with Crippen LogP contribution in [0.4, 0.5) is 5.69 Å². The maximum atomic E-state index is 12.7. The van der Waals surface area contributed by atoms with Crippen LogP contribution >= 0.6 is 0 Å². The molecule has 19 heavy (non-hydrogen) atoms. The number of hydrogen-bond acceptors (Lipinski definition) is 2. The van der Waals surface area contributed by atoms with Gasteiger partial charge in [0.05, 0.1) is 10.9 Å². The fourth-order valence-corrected chi connectivity index (χ4v) is 4.69. The molecular formula is C15H21NO2S. The Morgan fingerprint density at radius 2 is 2.00 bits per heavy atom. The van der Waals surface area contributed by atoms with Crippen LogP contribution in [0.2, 0.25) is 0 Å². The van der Waals surface area contributed by atoms with E-state index in [0.29, 0.717) is 13.0 Å². The van der Waals surface area contributed by atoms with Crippen LogP contribution in [0.3, 0.4) is 0 Å². The van der Waals surface area contributed by atoms with E-state index < -0.39 is 10.0 Å². The molecule has 1 fully saturated rings. The third kappa shape index (κ3) is 3.00. The Labute approximate surface area is 116 Å². The molecule has 104 valence electrons. The number of allylic oxidation sites excluding steroid dienone is 1. The van der Waals surface area contributed by atoms with Gasteiger partial charge in [0.2, 0.25) is 10.0 Å². The highest BCUT2D eigenvalue weighted by Crippen LogP contribution is 2.31. The Morgan fingerprint density at radius 3 is 2.58 bits per heavy atom. The van der Waals surface area contributed by atoms with Gasteiger partial charge in [-0.2, -0.15) is 0 Å². The number of nitrogens with zero attached hydrogens (tertiary/aromatic N) is 1. The first-order valence-corrected chi connectivity index (χ1v) is 8.29.